The van der Waals surface area contributed by atoms with Gasteiger partial charge in [0.25, 0.3) is 0 Å². The molecule has 4 rings (SSSR count). The largest absolute Gasteiger partial charge is 0.489 e. The first-order valence-electron chi connectivity index (χ1n) is 10.7. The molecule has 1 aliphatic rings. The lowest BCUT2D eigenvalue weighted by atomic mass is 9.94. The third-order valence-corrected chi connectivity index (χ3v) is 5.42. The molecule has 0 fully saturated rings. The number of aliphatic hydroxyl groups is 1. The smallest absolute Gasteiger partial charge is 0.323 e. The van der Waals surface area contributed by atoms with Gasteiger partial charge in [-0.2, -0.15) is 0 Å². The molecule has 0 spiro atoms. The maximum absolute atomic E-state index is 11.5. The summed E-state index contributed by atoms with van der Waals surface area (Å²) >= 11 is 0. The van der Waals surface area contributed by atoms with E-state index in [1.807, 2.05) is 42.5 Å². The van der Waals surface area contributed by atoms with E-state index in [1.165, 1.54) is 0 Å². The van der Waals surface area contributed by atoms with Gasteiger partial charge in [0.15, 0.2) is 0 Å². The van der Waals surface area contributed by atoms with Crippen LogP contribution in [0.4, 0.5) is 0 Å². The van der Waals surface area contributed by atoms with Gasteiger partial charge in [0.05, 0.1) is 0 Å². The van der Waals surface area contributed by atoms with Crippen molar-refractivity contribution in [1.29, 1.82) is 0 Å². The predicted octanol–water partition coefficient (Wildman–Crippen LogP) is 3.08. The number of nitrogens with zero attached hydrogens (tertiary/aromatic N) is 1. The number of rotatable bonds is 9. The summed E-state index contributed by atoms with van der Waals surface area (Å²) in [6, 6.07) is 13.3. The van der Waals surface area contributed by atoms with Crippen LogP contribution < -0.4 is 15.7 Å². The van der Waals surface area contributed by atoms with Gasteiger partial charge in [-0.15, -0.1) is 0 Å². The van der Waals surface area contributed by atoms with Crippen LogP contribution in [-0.2, 0) is 16.7 Å². The average Bonchev–Trinajstić information content (AvgIpc) is 3.18. The van der Waals surface area contributed by atoms with Gasteiger partial charge in [-0.1, -0.05) is 18.2 Å². The monoisotopic (exact) mass is 436 g/mol. The molecule has 8 nitrogen and oxygen atoms in total. The molecule has 8 heteroatoms. The average molecular weight is 437 g/mol. The quantitative estimate of drug-likeness (QED) is 0.410. The number of benzene rings is 1. The van der Waals surface area contributed by atoms with Crippen LogP contribution in [-0.4, -0.2) is 39.3 Å². The molecule has 0 saturated carbocycles. The summed E-state index contributed by atoms with van der Waals surface area (Å²) in [7, 11) is 0. The third-order valence-electron chi connectivity index (χ3n) is 5.42. The van der Waals surface area contributed by atoms with E-state index in [0.717, 1.165) is 24.1 Å². The molecule has 1 aromatic carbocycles. The zero-order chi connectivity index (χ0) is 22.6. The highest BCUT2D eigenvalue weighted by molar-refractivity contribution is 5.60. The van der Waals surface area contributed by atoms with E-state index in [1.54, 1.807) is 12.3 Å². The molecule has 32 heavy (non-hydrogen) atoms. The number of ether oxygens (including phenoxy) is 2. The lowest BCUT2D eigenvalue weighted by Gasteiger charge is -2.29. The van der Waals surface area contributed by atoms with E-state index in [2.05, 4.69) is 34.1 Å². The van der Waals surface area contributed by atoms with E-state index in [9.17, 15) is 9.90 Å². The first-order chi connectivity index (χ1) is 15.4. The Morgan fingerprint density at radius 1 is 1.19 bits per heavy atom. The van der Waals surface area contributed by atoms with Gasteiger partial charge in [-0.25, -0.2) is 9.78 Å². The maximum Gasteiger partial charge on any atom is 0.323 e. The number of nitrogens with one attached hydrogen (secondary N) is 3. The Bertz CT molecular complexity index is 1120. The molecular weight excluding hydrogens is 408 g/mol. The van der Waals surface area contributed by atoms with Gasteiger partial charge in [-0.05, 0) is 56.5 Å². The Labute approximate surface area is 186 Å². The van der Waals surface area contributed by atoms with E-state index in [0.29, 0.717) is 29.6 Å². The van der Waals surface area contributed by atoms with Crippen LogP contribution in [0.5, 0.6) is 11.6 Å². The number of aromatic amines is 2. The van der Waals surface area contributed by atoms with Crippen LogP contribution in [0.15, 0.2) is 59.5 Å². The highest BCUT2D eigenvalue weighted by Gasteiger charge is 2.22. The summed E-state index contributed by atoms with van der Waals surface area (Å²) in [5.41, 5.74) is 1.97. The van der Waals surface area contributed by atoms with E-state index < -0.39 is 6.10 Å². The molecule has 0 saturated heterocycles. The molecule has 0 radical (unpaired) electrons. The topological polar surface area (TPSA) is 112 Å². The molecule has 168 valence electrons. The fraction of sp³-hybridized carbons (Fsp3) is 0.333. The summed E-state index contributed by atoms with van der Waals surface area (Å²) < 4.78 is 11.5. The van der Waals surface area contributed by atoms with Crippen LogP contribution in [0.25, 0.3) is 5.76 Å². The highest BCUT2D eigenvalue weighted by Crippen LogP contribution is 2.26. The van der Waals surface area contributed by atoms with Gasteiger partial charge >= 0.3 is 5.69 Å². The van der Waals surface area contributed by atoms with Crippen molar-refractivity contribution in [3.05, 3.63) is 82.2 Å². The number of allylic oxidation sites excluding steroid dienone is 1. The van der Waals surface area contributed by atoms with Crippen molar-refractivity contribution in [1.82, 2.24) is 20.3 Å². The SMILES string of the molecule is CC(C)(NCC(O)COC1=CCCc2[nH]c(=O)[nH]c21)c1ccc(Oc2ccccn2)cc1. The number of imidazole rings is 1. The lowest BCUT2D eigenvalue weighted by Crippen LogP contribution is -2.42. The van der Waals surface area contributed by atoms with E-state index >= 15 is 0 Å². The Kier molecular flexibility index (Phi) is 6.43. The maximum atomic E-state index is 11.5. The molecule has 1 atom stereocenters. The van der Waals surface area contributed by atoms with Crippen molar-refractivity contribution in [2.75, 3.05) is 13.2 Å². The number of fused-ring (bicyclic) bond motifs is 1. The summed E-state index contributed by atoms with van der Waals surface area (Å²) in [6.45, 7) is 4.58. The molecule has 0 aliphatic heterocycles. The first kappa shape index (κ1) is 21.9. The Morgan fingerprint density at radius 3 is 2.75 bits per heavy atom. The third kappa shape index (κ3) is 5.27. The van der Waals surface area contributed by atoms with E-state index in [-0.39, 0.29) is 17.8 Å². The highest BCUT2D eigenvalue weighted by atomic mass is 16.5. The number of hydrogen-bond donors (Lipinski definition) is 4. The summed E-state index contributed by atoms with van der Waals surface area (Å²) in [5.74, 6) is 1.86. The standard InChI is InChI=1S/C24H28N4O4/c1-24(2,16-9-11-18(12-10-16)32-21-8-3-4-13-25-21)26-14-17(29)15-31-20-7-5-6-19-22(20)28-23(30)27-19/h3-4,7-13,17,26,29H,5-6,14-15H2,1-2H3,(H2,27,28,30). The second kappa shape index (κ2) is 9.42. The van der Waals surface area contributed by atoms with Crippen molar-refractivity contribution in [3.8, 4) is 11.6 Å². The second-order valence-electron chi connectivity index (χ2n) is 8.30. The van der Waals surface area contributed by atoms with Crippen molar-refractivity contribution in [2.45, 2.75) is 38.3 Å². The number of aliphatic hydroxyl groups excluding tert-OH is 1. The number of aromatic nitrogens is 3. The van der Waals surface area contributed by atoms with Gasteiger partial charge in [0.1, 0.15) is 29.9 Å². The van der Waals surface area contributed by atoms with Crippen LogP contribution in [0.2, 0.25) is 0 Å². The fourth-order valence-corrected chi connectivity index (χ4v) is 3.59. The predicted molar refractivity (Wildman–Crippen MR) is 121 cm³/mol. The first-order valence-corrected chi connectivity index (χ1v) is 10.7. The van der Waals surface area contributed by atoms with Gasteiger partial charge < -0.3 is 29.9 Å². The van der Waals surface area contributed by atoms with Crippen LogP contribution in [0.1, 0.15) is 37.2 Å². The van der Waals surface area contributed by atoms with Crippen LogP contribution >= 0.6 is 0 Å². The van der Waals surface area contributed by atoms with Gasteiger partial charge in [0, 0.05) is 30.0 Å². The molecule has 1 aliphatic carbocycles. The fourth-order valence-electron chi connectivity index (χ4n) is 3.59. The van der Waals surface area contributed by atoms with Gasteiger partial charge in [-0.3, -0.25) is 0 Å². The minimum absolute atomic E-state index is 0.123. The zero-order valence-electron chi connectivity index (χ0n) is 18.2. The molecule has 3 aromatic rings. The molecule has 1 unspecified atom stereocenters. The van der Waals surface area contributed by atoms with Gasteiger partial charge in [0.2, 0.25) is 5.88 Å². The van der Waals surface area contributed by atoms with Crippen molar-refractivity contribution in [3.63, 3.8) is 0 Å². The van der Waals surface area contributed by atoms with Crippen molar-refractivity contribution >= 4 is 5.76 Å². The molecule has 2 heterocycles. The Morgan fingerprint density at radius 2 is 2.00 bits per heavy atom. The molecule has 4 N–H and O–H groups in total. The van der Waals surface area contributed by atoms with Crippen molar-refractivity contribution in [2.24, 2.45) is 0 Å². The van der Waals surface area contributed by atoms with E-state index in [4.69, 9.17) is 9.47 Å². The van der Waals surface area contributed by atoms with Crippen molar-refractivity contribution < 1.29 is 14.6 Å². The van der Waals surface area contributed by atoms with Crippen LogP contribution in [0.3, 0.4) is 0 Å². The number of pyridine rings is 1. The molecular formula is C24H28N4O4. The summed E-state index contributed by atoms with van der Waals surface area (Å²) in [6.07, 6.45) is 4.47. The molecule has 0 amide bonds. The van der Waals surface area contributed by atoms with Crippen LogP contribution in [0, 0.1) is 0 Å². The molecule has 2 aromatic heterocycles. The number of hydrogen-bond acceptors (Lipinski definition) is 6. The second-order valence-corrected chi connectivity index (χ2v) is 8.30. The Balaban J connectivity index is 1.29. The normalized spacial score (nSPS) is 14.4. The summed E-state index contributed by atoms with van der Waals surface area (Å²) in [5, 5.41) is 13.8. The zero-order valence-corrected chi connectivity index (χ0v) is 18.2. The lowest BCUT2D eigenvalue weighted by molar-refractivity contribution is 0.0856. The Hall–Kier alpha value is -3.36. The molecule has 0 bridgehead atoms. The summed E-state index contributed by atoms with van der Waals surface area (Å²) in [4.78, 5) is 21.2. The minimum Gasteiger partial charge on any atom is -0.489 e. The minimum atomic E-state index is -0.710. The number of aryl methyl sites for hydroxylation is 1. The number of H-pyrrole nitrogens is 2.